The zero-order chi connectivity index (χ0) is 9.97. The van der Waals surface area contributed by atoms with Crippen LogP contribution in [0.15, 0.2) is 6.20 Å². The fourth-order valence-electron chi connectivity index (χ4n) is 2.31. The van der Waals surface area contributed by atoms with Crippen LogP contribution in [0.25, 0.3) is 0 Å². The van der Waals surface area contributed by atoms with Gasteiger partial charge in [-0.2, -0.15) is 0 Å². The second-order valence-corrected chi connectivity index (χ2v) is 4.25. The summed E-state index contributed by atoms with van der Waals surface area (Å²) in [4.78, 5) is 0. The number of nitrogens with zero attached hydrogens (tertiary/aromatic N) is 3. The minimum absolute atomic E-state index is 0.719. The zero-order valence-corrected chi connectivity index (χ0v) is 8.90. The Morgan fingerprint density at radius 3 is 3.00 bits per heavy atom. The average molecular weight is 194 g/mol. The Morgan fingerprint density at radius 2 is 2.43 bits per heavy atom. The highest BCUT2D eigenvalue weighted by Crippen LogP contribution is 2.27. The molecule has 0 spiro atoms. The number of hydrogen-bond donors (Lipinski definition) is 1. The van der Waals surface area contributed by atoms with Crippen LogP contribution in [0.5, 0.6) is 0 Å². The predicted octanol–water partition coefficient (Wildman–Crippen LogP) is 0.746. The van der Waals surface area contributed by atoms with Crippen molar-refractivity contribution < 1.29 is 0 Å². The van der Waals surface area contributed by atoms with Crippen LogP contribution in [0.4, 0.5) is 0 Å². The van der Waals surface area contributed by atoms with Crippen molar-refractivity contribution in [2.45, 2.75) is 31.7 Å². The summed E-state index contributed by atoms with van der Waals surface area (Å²) in [6.07, 6.45) is 7.02. The smallest absolute Gasteiger partial charge is 0.0829 e. The molecule has 2 unspecified atom stereocenters. The van der Waals surface area contributed by atoms with E-state index in [-0.39, 0.29) is 0 Å². The minimum atomic E-state index is 0.719. The molecule has 1 aromatic rings. The van der Waals surface area contributed by atoms with Gasteiger partial charge < -0.3 is 5.32 Å². The van der Waals surface area contributed by atoms with Crippen molar-refractivity contribution in [3.63, 3.8) is 0 Å². The van der Waals surface area contributed by atoms with Crippen molar-refractivity contribution in [1.29, 1.82) is 0 Å². The molecule has 0 amide bonds. The maximum absolute atomic E-state index is 4.12. The van der Waals surface area contributed by atoms with Crippen LogP contribution < -0.4 is 5.32 Å². The third-order valence-electron chi connectivity index (χ3n) is 3.10. The van der Waals surface area contributed by atoms with Gasteiger partial charge in [0.1, 0.15) is 0 Å². The van der Waals surface area contributed by atoms with E-state index >= 15 is 0 Å². The molecule has 14 heavy (non-hydrogen) atoms. The molecule has 0 aromatic carbocycles. The number of aryl methyl sites for hydroxylation is 1. The fourth-order valence-corrected chi connectivity index (χ4v) is 2.31. The topological polar surface area (TPSA) is 42.7 Å². The van der Waals surface area contributed by atoms with Gasteiger partial charge in [0, 0.05) is 19.3 Å². The van der Waals surface area contributed by atoms with Crippen LogP contribution in [0.1, 0.15) is 25.0 Å². The molecule has 1 fully saturated rings. The summed E-state index contributed by atoms with van der Waals surface area (Å²) in [5.74, 6) is 0.796. The molecular weight excluding hydrogens is 176 g/mol. The first kappa shape index (κ1) is 9.65. The first-order valence-corrected chi connectivity index (χ1v) is 5.30. The lowest BCUT2D eigenvalue weighted by Gasteiger charge is -2.08. The zero-order valence-electron chi connectivity index (χ0n) is 8.90. The molecule has 1 saturated carbocycles. The summed E-state index contributed by atoms with van der Waals surface area (Å²) in [5.41, 5.74) is 1.13. The van der Waals surface area contributed by atoms with Crippen molar-refractivity contribution in [2.24, 2.45) is 13.0 Å². The van der Waals surface area contributed by atoms with Crippen LogP contribution >= 0.6 is 0 Å². The average Bonchev–Trinajstić information content (AvgIpc) is 2.76. The van der Waals surface area contributed by atoms with Crippen molar-refractivity contribution in [1.82, 2.24) is 20.3 Å². The minimum Gasteiger partial charge on any atom is -0.317 e. The highest BCUT2D eigenvalue weighted by molar-refractivity contribution is 4.96. The highest BCUT2D eigenvalue weighted by Gasteiger charge is 2.24. The van der Waals surface area contributed by atoms with Crippen LogP contribution in [0, 0.1) is 5.92 Å². The van der Waals surface area contributed by atoms with E-state index in [0.29, 0.717) is 0 Å². The van der Waals surface area contributed by atoms with E-state index < -0.39 is 0 Å². The molecule has 1 aromatic heterocycles. The Morgan fingerprint density at radius 1 is 1.57 bits per heavy atom. The van der Waals surface area contributed by atoms with Crippen LogP contribution in [-0.4, -0.2) is 28.1 Å². The third kappa shape index (κ3) is 2.12. The molecule has 2 rings (SSSR count). The predicted molar refractivity (Wildman–Crippen MR) is 54.9 cm³/mol. The van der Waals surface area contributed by atoms with Crippen molar-refractivity contribution in [3.8, 4) is 0 Å². The van der Waals surface area contributed by atoms with E-state index in [1.54, 1.807) is 4.68 Å². The first-order valence-electron chi connectivity index (χ1n) is 5.30. The lowest BCUT2D eigenvalue weighted by Crippen LogP contribution is -2.21. The Balaban J connectivity index is 1.87. The summed E-state index contributed by atoms with van der Waals surface area (Å²) in [7, 11) is 3.97. The normalized spacial score (nSPS) is 27.0. The quantitative estimate of drug-likeness (QED) is 0.772. The molecule has 1 N–H and O–H groups in total. The van der Waals surface area contributed by atoms with Gasteiger partial charge in [-0.15, -0.1) is 5.10 Å². The maximum Gasteiger partial charge on any atom is 0.0829 e. The van der Waals surface area contributed by atoms with E-state index in [1.165, 1.54) is 19.3 Å². The molecule has 78 valence electrons. The SMILES string of the molecule is CNC1CCC(Cc2cn(C)nn2)C1. The summed E-state index contributed by atoms with van der Waals surface area (Å²) in [6.45, 7) is 0. The van der Waals surface area contributed by atoms with Crippen molar-refractivity contribution in [3.05, 3.63) is 11.9 Å². The van der Waals surface area contributed by atoms with E-state index in [9.17, 15) is 0 Å². The Hall–Kier alpha value is -0.900. The molecule has 1 aliphatic carbocycles. The van der Waals surface area contributed by atoms with Gasteiger partial charge in [-0.25, -0.2) is 0 Å². The van der Waals surface area contributed by atoms with Gasteiger partial charge in [-0.1, -0.05) is 5.21 Å². The van der Waals surface area contributed by atoms with Gasteiger partial charge in [0.25, 0.3) is 0 Å². The molecule has 0 radical (unpaired) electrons. The second kappa shape index (κ2) is 4.09. The highest BCUT2D eigenvalue weighted by atomic mass is 15.4. The van der Waals surface area contributed by atoms with Gasteiger partial charge >= 0.3 is 0 Å². The van der Waals surface area contributed by atoms with E-state index in [4.69, 9.17) is 0 Å². The van der Waals surface area contributed by atoms with Gasteiger partial charge in [0.2, 0.25) is 0 Å². The van der Waals surface area contributed by atoms with Gasteiger partial charge in [0.15, 0.2) is 0 Å². The number of rotatable bonds is 3. The second-order valence-electron chi connectivity index (χ2n) is 4.25. The Bertz CT molecular complexity index is 294. The van der Waals surface area contributed by atoms with E-state index in [0.717, 1.165) is 24.1 Å². The molecule has 0 saturated heterocycles. The van der Waals surface area contributed by atoms with Gasteiger partial charge in [-0.05, 0) is 38.6 Å². The van der Waals surface area contributed by atoms with Gasteiger partial charge in [0.05, 0.1) is 5.69 Å². The molecule has 0 bridgehead atoms. The molecular formula is C10H18N4. The molecule has 1 heterocycles. The maximum atomic E-state index is 4.12. The standard InChI is InChI=1S/C10H18N4/c1-11-9-4-3-8(5-9)6-10-7-14(2)13-12-10/h7-9,11H,3-6H2,1-2H3. The molecule has 0 aliphatic heterocycles. The largest absolute Gasteiger partial charge is 0.317 e. The first-order chi connectivity index (χ1) is 6.78. The summed E-state index contributed by atoms with van der Waals surface area (Å²) in [5, 5.41) is 11.4. The van der Waals surface area contributed by atoms with Crippen molar-refractivity contribution in [2.75, 3.05) is 7.05 Å². The number of hydrogen-bond acceptors (Lipinski definition) is 3. The van der Waals surface area contributed by atoms with Gasteiger partial charge in [-0.3, -0.25) is 4.68 Å². The number of aromatic nitrogens is 3. The Labute approximate surface area is 84.7 Å². The molecule has 4 nitrogen and oxygen atoms in total. The van der Waals surface area contributed by atoms with Crippen LogP contribution in [0.3, 0.4) is 0 Å². The lowest BCUT2D eigenvalue weighted by atomic mass is 10.0. The summed E-state index contributed by atoms with van der Waals surface area (Å²) >= 11 is 0. The monoisotopic (exact) mass is 194 g/mol. The van der Waals surface area contributed by atoms with E-state index in [1.807, 2.05) is 13.2 Å². The summed E-state index contributed by atoms with van der Waals surface area (Å²) < 4.78 is 1.78. The third-order valence-corrected chi connectivity index (χ3v) is 3.10. The molecule has 2 atom stereocenters. The Kier molecular flexibility index (Phi) is 2.82. The van der Waals surface area contributed by atoms with Crippen molar-refractivity contribution >= 4 is 0 Å². The van der Waals surface area contributed by atoms with Crippen LogP contribution in [0.2, 0.25) is 0 Å². The lowest BCUT2D eigenvalue weighted by molar-refractivity contribution is 0.505. The number of nitrogens with one attached hydrogen (secondary N) is 1. The molecule has 1 aliphatic rings. The summed E-state index contributed by atoms with van der Waals surface area (Å²) in [6, 6.07) is 0.719. The van der Waals surface area contributed by atoms with Crippen LogP contribution in [-0.2, 0) is 13.5 Å². The fraction of sp³-hybridized carbons (Fsp3) is 0.800. The molecule has 4 heteroatoms. The van der Waals surface area contributed by atoms with E-state index in [2.05, 4.69) is 22.7 Å².